The number of halogens is 1. The topological polar surface area (TPSA) is 61.9 Å². The smallest absolute Gasteiger partial charge is 0.244 e. The SMILES string of the molecule is CONC(=O)CC1C(=O)N(C2CCN(C)CC2)c2ccc(F)cc21. The van der Waals surface area contributed by atoms with E-state index in [-0.39, 0.29) is 18.4 Å². The second-order valence-electron chi connectivity index (χ2n) is 6.43. The molecular weight excluding hydrogens is 313 g/mol. The maximum absolute atomic E-state index is 13.7. The number of carbonyl (C=O) groups is 2. The number of fused-ring (bicyclic) bond motifs is 1. The molecule has 7 heteroatoms. The number of amides is 2. The van der Waals surface area contributed by atoms with Gasteiger partial charge in [-0.3, -0.25) is 14.4 Å². The number of nitrogens with one attached hydrogen (secondary N) is 1. The summed E-state index contributed by atoms with van der Waals surface area (Å²) in [5, 5.41) is 0. The van der Waals surface area contributed by atoms with Crippen molar-refractivity contribution in [3.8, 4) is 0 Å². The van der Waals surface area contributed by atoms with Gasteiger partial charge in [0.2, 0.25) is 11.8 Å². The van der Waals surface area contributed by atoms with E-state index in [1.807, 2.05) is 0 Å². The van der Waals surface area contributed by atoms with Crippen LogP contribution < -0.4 is 10.4 Å². The van der Waals surface area contributed by atoms with Crippen LogP contribution >= 0.6 is 0 Å². The Hall–Kier alpha value is -1.99. The lowest BCUT2D eigenvalue weighted by Gasteiger charge is -2.35. The van der Waals surface area contributed by atoms with Crippen molar-refractivity contribution in [3.63, 3.8) is 0 Å². The van der Waals surface area contributed by atoms with Crippen LogP contribution in [0.1, 0.15) is 30.7 Å². The molecule has 1 unspecified atom stereocenters. The van der Waals surface area contributed by atoms with E-state index in [0.717, 1.165) is 31.6 Å². The van der Waals surface area contributed by atoms with E-state index in [1.165, 1.54) is 19.2 Å². The zero-order chi connectivity index (χ0) is 17.3. The molecule has 1 aromatic rings. The minimum absolute atomic E-state index is 0.0494. The minimum Gasteiger partial charge on any atom is -0.308 e. The van der Waals surface area contributed by atoms with Gasteiger partial charge in [-0.1, -0.05) is 0 Å². The van der Waals surface area contributed by atoms with Crippen LogP contribution in [0.15, 0.2) is 18.2 Å². The zero-order valence-electron chi connectivity index (χ0n) is 13.9. The molecule has 1 aromatic carbocycles. The quantitative estimate of drug-likeness (QED) is 0.846. The van der Waals surface area contributed by atoms with Crippen LogP contribution in [0.2, 0.25) is 0 Å². The summed E-state index contributed by atoms with van der Waals surface area (Å²) in [6.45, 7) is 1.83. The Morgan fingerprint density at radius 3 is 2.75 bits per heavy atom. The number of anilines is 1. The van der Waals surface area contributed by atoms with E-state index in [4.69, 9.17) is 0 Å². The largest absolute Gasteiger partial charge is 0.308 e. The van der Waals surface area contributed by atoms with Gasteiger partial charge in [0.05, 0.1) is 13.0 Å². The van der Waals surface area contributed by atoms with Crippen LogP contribution in [-0.4, -0.2) is 50.0 Å². The van der Waals surface area contributed by atoms with E-state index >= 15 is 0 Å². The Morgan fingerprint density at radius 1 is 1.38 bits per heavy atom. The van der Waals surface area contributed by atoms with Crippen LogP contribution in [0.25, 0.3) is 0 Å². The number of hydrogen-bond donors (Lipinski definition) is 1. The highest BCUT2D eigenvalue weighted by Crippen LogP contribution is 2.42. The molecule has 2 aliphatic rings. The average molecular weight is 335 g/mol. The Balaban J connectivity index is 1.89. The summed E-state index contributed by atoms with van der Waals surface area (Å²) < 4.78 is 13.7. The minimum atomic E-state index is -0.662. The number of hydroxylamine groups is 1. The van der Waals surface area contributed by atoms with Crippen molar-refractivity contribution >= 4 is 17.5 Å². The number of benzene rings is 1. The maximum Gasteiger partial charge on any atom is 0.244 e. The maximum atomic E-state index is 13.7. The number of hydrogen-bond acceptors (Lipinski definition) is 4. The lowest BCUT2D eigenvalue weighted by atomic mass is 9.97. The molecule has 130 valence electrons. The summed E-state index contributed by atoms with van der Waals surface area (Å²) in [6, 6.07) is 4.47. The van der Waals surface area contributed by atoms with Crippen LogP contribution in [0.4, 0.5) is 10.1 Å². The predicted molar refractivity (Wildman–Crippen MR) is 86.9 cm³/mol. The van der Waals surface area contributed by atoms with Gasteiger partial charge >= 0.3 is 0 Å². The number of carbonyl (C=O) groups excluding carboxylic acids is 2. The van der Waals surface area contributed by atoms with Gasteiger partial charge < -0.3 is 9.80 Å². The Labute approximate surface area is 140 Å². The molecule has 0 bridgehead atoms. The summed E-state index contributed by atoms with van der Waals surface area (Å²) in [6.07, 6.45) is 1.69. The van der Waals surface area contributed by atoms with Crippen LogP contribution in [0, 0.1) is 5.82 Å². The lowest BCUT2D eigenvalue weighted by Crippen LogP contribution is -2.46. The molecule has 2 aliphatic heterocycles. The Kier molecular flexibility index (Phi) is 4.82. The Morgan fingerprint density at radius 2 is 2.08 bits per heavy atom. The van der Waals surface area contributed by atoms with Gasteiger partial charge in [0.25, 0.3) is 0 Å². The fourth-order valence-corrected chi connectivity index (χ4v) is 3.61. The second-order valence-corrected chi connectivity index (χ2v) is 6.43. The molecule has 0 aromatic heterocycles. The van der Waals surface area contributed by atoms with E-state index in [2.05, 4.69) is 22.3 Å². The Bertz CT molecular complexity index is 644. The highest BCUT2D eigenvalue weighted by Gasteiger charge is 2.42. The second kappa shape index (κ2) is 6.86. The zero-order valence-corrected chi connectivity index (χ0v) is 13.9. The van der Waals surface area contributed by atoms with E-state index < -0.39 is 17.6 Å². The van der Waals surface area contributed by atoms with Gasteiger partial charge in [-0.2, -0.15) is 0 Å². The molecule has 6 nitrogen and oxygen atoms in total. The highest BCUT2D eigenvalue weighted by atomic mass is 19.1. The van der Waals surface area contributed by atoms with Gasteiger partial charge in [-0.25, -0.2) is 9.87 Å². The molecule has 24 heavy (non-hydrogen) atoms. The van der Waals surface area contributed by atoms with Crippen molar-refractivity contribution in [1.82, 2.24) is 10.4 Å². The summed E-state index contributed by atoms with van der Waals surface area (Å²) in [4.78, 5) is 33.4. The molecule has 1 fully saturated rings. The monoisotopic (exact) mass is 335 g/mol. The van der Waals surface area contributed by atoms with Crippen molar-refractivity contribution < 1.29 is 18.8 Å². The first kappa shape index (κ1) is 16.9. The molecule has 0 saturated carbocycles. The molecular formula is C17H22FN3O3. The molecule has 1 N–H and O–H groups in total. The summed E-state index contributed by atoms with van der Waals surface area (Å²) in [5.74, 6) is -1.58. The van der Waals surface area contributed by atoms with Crippen molar-refractivity contribution in [1.29, 1.82) is 0 Å². The third kappa shape index (κ3) is 3.14. The molecule has 0 aliphatic carbocycles. The van der Waals surface area contributed by atoms with Gasteiger partial charge in [0.1, 0.15) is 5.82 Å². The first-order chi connectivity index (χ1) is 11.5. The molecule has 2 amide bonds. The van der Waals surface area contributed by atoms with Crippen molar-refractivity contribution in [2.24, 2.45) is 0 Å². The first-order valence-corrected chi connectivity index (χ1v) is 8.14. The van der Waals surface area contributed by atoms with Crippen molar-refractivity contribution in [2.45, 2.75) is 31.2 Å². The highest BCUT2D eigenvalue weighted by molar-refractivity contribution is 6.07. The molecule has 1 atom stereocenters. The molecule has 2 heterocycles. The number of rotatable bonds is 4. The molecule has 3 rings (SSSR count). The summed E-state index contributed by atoms with van der Waals surface area (Å²) in [5.41, 5.74) is 3.54. The van der Waals surface area contributed by atoms with E-state index in [1.54, 1.807) is 11.0 Å². The summed E-state index contributed by atoms with van der Waals surface area (Å²) >= 11 is 0. The predicted octanol–water partition coefficient (Wildman–Crippen LogP) is 1.42. The van der Waals surface area contributed by atoms with Gasteiger partial charge in [0, 0.05) is 18.2 Å². The van der Waals surface area contributed by atoms with Crippen molar-refractivity contribution in [3.05, 3.63) is 29.6 Å². The lowest BCUT2D eigenvalue weighted by molar-refractivity contribution is -0.133. The third-order valence-electron chi connectivity index (χ3n) is 4.82. The number of likely N-dealkylation sites (tertiary alicyclic amines) is 1. The van der Waals surface area contributed by atoms with Crippen LogP contribution in [-0.2, 0) is 14.4 Å². The third-order valence-corrected chi connectivity index (χ3v) is 4.82. The first-order valence-electron chi connectivity index (χ1n) is 8.14. The molecule has 0 radical (unpaired) electrons. The van der Waals surface area contributed by atoms with Gasteiger partial charge in [0.15, 0.2) is 0 Å². The van der Waals surface area contributed by atoms with Crippen LogP contribution in [0.5, 0.6) is 0 Å². The van der Waals surface area contributed by atoms with Gasteiger partial charge in [-0.15, -0.1) is 0 Å². The summed E-state index contributed by atoms with van der Waals surface area (Å²) in [7, 11) is 3.40. The molecule has 1 saturated heterocycles. The fourth-order valence-electron chi connectivity index (χ4n) is 3.61. The number of nitrogens with zero attached hydrogens (tertiary/aromatic N) is 2. The fraction of sp³-hybridized carbons (Fsp3) is 0.529. The number of piperidine rings is 1. The standard InChI is InChI=1S/C17H22FN3O3/c1-20-7-5-12(6-8-20)21-15-4-3-11(18)9-13(15)14(17(21)23)10-16(22)19-24-2/h3-4,9,12,14H,5-8,10H2,1-2H3,(H,19,22). The van der Waals surface area contributed by atoms with Crippen molar-refractivity contribution in [2.75, 3.05) is 32.1 Å². The van der Waals surface area contributed by atoms with E-state index in [9.17, 15) is 14.0 Å². The molecule has 0 spiro atoms. The van der Waals surface area contributed by atoms with Gasteiger partial charge in [-0.05, 0) is 56.7 Å². The van der Waals surface area contributed by atoms with Crippen LogP contribution in [0.3, 0.4) is 0 Å². The van der Waals surface area contributed by atoms with E-state index in [0.29, 0.717) is 5.56 Å². The average Bonchev–Trinajstić information content (AvgIpc) is 2.81. The normalized spacial score (nSPS) is 21.9.